The number of rotatable bonds is 7. The number of fused-ring (bicyclic) bond motifs is 3. The monoisotopic (exact) mass is 421 g/mol. The van der Waals surface area contributed by atoms with Gasteiger partial charge in [0.1, 0.15) is 16.5 Å². The van der Waals surface area contributed by atoms with E-state index in [1.54, 1.807) is 23.7 Å². The van der Waals surface area contributed by atoms with Crippen LogP contribution in [0.5, 0.6) is 0 Å². The van der Waals surface area contributed by atoms with E-state index in [1.165, 1.54) is 47.1 Å². The van der Waals surface area contributed by atoms with Gasteiger partial charge in [0.2, 0.25) is 5.91 Å². The van der Waals surface area contributed by atoms with E-state index in [9.17, 15) is 4.79 Å². The fourth-order valence-electron chi connectivity index (χ4n) is 4.25. The Kier molecular flexibility index (Phi) is 5.37. The average Bonchev–Trinajstić information content (AvgIpc) is 3.54. The van der Waals surface area contributed by atoms with Crippen LogP contribution >= 0.6 is 11.3 Å². The first-order chi connectivity index (χ1) is 14.7. The molecule has 7 heteroatoms. The summed E-state index contributed by atoms with van der Waals surface area (Å²) in [5, 5.41) is 4.25. The zero-order valence-electron chi connectivity index (χ0n) is 17.4. The molecule has 0 aliphatic heterocycles. The molecule has 5 rings (SSSR count). The van der Waals surface area contributed by atoms with Gasteiger partial charge in [-0.15, -0.1) is 11.3 Å². The Morgan fingerprint density at radius 2 is 2.00 bits per heavy atom. The van der Waals surface area contributed by atoms with Crippen molar-refractivity contribution in [3.8, 4) is 0 Å². The van der Waals surface area contributed by atoms with E-state index in [0.29, 0.717) is 18.4 Å². The number of nitrogens with one attached hydrogen (secondary N) is 1. The van der Waals surface area contributed by atoms with Crippen LogP contribution in [0.2, 0.25) is 0 Å². The molecule has 0 aromatic carbocycles. The van der Waals surface area contributed by atoms with Gasteiger partial charge in [-0.3, -0.25) is 9.78 Å². The predicted molar refractivity (Wildman–Crippen MR) is 120 cm³/mol. The van der Waals surface area contributed by atoms with Crippen LogP contribution in [0.1, 0.15) is 47.5 Å². The lowest BCUT2D eigenvalue weighted by Crippen LogP contribution is -2.28. The molecule has 0 bridgehead atoms. The smallest absolute Gasteiger partial charge is 0.227 e. The SMILES string of the molecule is CN(c1nc(CC(=O)NCCc2ccncc2)nc2sc3c(c12)CCCC3)C1CC1. The number of carbonyl (C=O) groups excluding carboxylic acids is 1. The molecule has 1 amide bonds. The Balaban J connectivity index is 1.35. The van der Waals surface area contributed by atoms with Gasteiger partial charge >= 0.3 is 0 Å². The standard InChI is InChI=1S/C23H27N5OS/c1-28(16-6-7-16)22-21-17-4-2-3-5-18(17)30-23(21)27-19(26-22)14-20(29)25-13-10-15-8-11-24-12-9-15/h8-9,11-12,16H,2-7,10,13-14H2,1H3,(H,25,29). The molecular formula is C23H27N5OS. The van der Waals surface area contributed by atoms with E-state index in [1.807, 2.05) is 12.1 Å². The Morgan fingerprint density at radius 3 is 2.80 bits per heavy atom. The highest BCUT2D eigenvalue weighted by molar-refractivity contribution is 7.19. The normalized spacial score (nSPS) is 15.8. The Morgan fingerprint density at radius 1 is 1.20 bits per heavy atom. The highest BCUT2D eigenvalue weighted by atomic mass is 32.1. The largest absolute Gasteiger partial charge is 0.356 e. The van der Waals surface area contributed by atoms with Crippen molar-refractivity contribution < 1.29 is 4.79 Å². The summed E-state index contributed by atoms with van der Waals surface area (Å²) < 4.78 is 0. The van der Waals surface area contributed by atoms with Gasteiger partial charge in [0.15, 0.2) is 0 Å². The molecule has 1 fully saturated rings. The van der Waals surface area contributed by atoms with Crippen molar-refractivity contribution >= 4 is 33.3 Å². The Bertz CT molecular complexity index is 1060. The van der Waals surface area contributed by atoms with Crippen LogP contribution in [0.4, 0.5) is 5.82 Å². The summed E-state index contributed by atoms with van der Waals surface area (Å²) in [5.41, 5.74) is 2.62. The molecule has 1 saturated carbocycles. The Labute approximate surface area is 180 Å². The summed E-state index contributed by atoms with van der Waals surface area (Å²) in [4.78, 5) is 31.1. The number of anilines is 1. The average molecular weight is 422 g/mol. The van der Waals surface area contributed by atoms with Gasteiger partial charge in [0, 0.05) is 36.9 Å². The van der Waals surface area contributed by atoms with Crippen LogP contribution in [0.3, 0.4) is 0 Å². The third-order valence-electron chi connectivity index (χ3n) is 6.07. The summed E-state index contributed by atoms with van der Waals surface area (Å²) >= 11 is 1.80. The zero-order valence-corrected chi connectivity index (χ0v) is 18.2. The maximum atomic E-state index is 12.5. The van der Waals surface area contributed by atoms with Crippen LogP contribution in [0.15, 0.2) is 24.5 Å². The highest BCUT2D eigenvalue weighted by Crippen LogP contribution is 2.41. The first-order valence-electron chi connectivity index (χ1n) is 10.9. The van der Waals surface area contributed by atoms with E-state index >= 15 is 0 Å². The quantitative estimate of drug-likeness (QED) is 0.633. The van der Waals surface area contributed by atoms with Gasteiger partial charge in [-0.05, 0) is 68.2 Å². The van der Waals surface area contributed by atoms with Crippen molar-refractivity contribution in [1.29, 1.82) is 0 Å². The Hall–Kier alpha value is -2.54. The fraction of sp³-hybridized carbons (Fsp3) is 0.478. The maximum Gasteiger partial charge on any atom is 0.227 e. The van der Waals surface area contributed by atoms with Crippen molar-refractivity contribution in [2.24, 2.45) is 0 Å². The number of hydrogen-bond donors (Lipinski definition) is 1. The minimum Gasteiger partial charge on any atom is -0.356 e. The van der Waals surface area contributed by atoms with Crippen molar-refractivity contribution in [1.82, 2.24) is 20.3 Å². The number of pyridine rings is 1. The number of thiophene rings is 1. The van der Waals surface area contributed by atoms with Crippen LogP contribution in [0.25, 0.3) is 10.2 Å². The van der Waals surface area contributed by atoms with Crippen molar-refractivity contribution in [3.05, 3.63) is 46.4 Å². The number of carbonyl (C=O) groups is 1. The summed E-state index contributed by atoms with van der Waals surface area (Å²) in [6.07, 6.45) is 11.8. The van der Waals surface area contributed by atoms with Gasteiger partial charge < -0.3 is 10.2 Å². The highest BCUT2D eigenvalue weighted by Gasteiger charge is 2.31. The molecule has 2 aliphatic carbocycles. The summed E-state index contributed by atoms with van der Waals surface area (Å²) in [7, 11) is 2.14. The first-order valence-corrected chi connectivity index (χ1v) is 11.7. The van der Waals surface area contributed by atoms with E-state index < -0.39 is 0 Å². The maximum absolute atomic E-state index is 12.5. The second kappa shape index (κ2) is 8.30. The molecule has 6 nitrogen and oxygen atoms in total. The molecule has 3 heterocycles. The molecule has 2 aliphatic rings. The first kappa shape index (κ1) is 19.4. The summed E-state index contributed by atoms with van der Waals surface area (Å²) in [5.74, 6) is 1.64. The zero-order chi connectivity index (χ0) is 20.5. The molecule has 1 N–H and O–H groups in total. The number of hydrogen-bond acceptors (Lipinski definition) is 6. The van der Waals surface area contributed by atoms with Crippen molar-refractivity contribution in [3.63, 3.8) is 0 Å². The lowest BCUT2D eigenvalue weighted by Gasteiger charge is -2.20. The van der Waals surface area contributed by atoms with Crippen LogP contribution in [-0.4, -0.2) is 40.5 Å². The molecule has 0 unspecified atom stereocenters. The minimum absolute atomic E-state index is 0.0234. The topological polar surface area (TPSA) is 71.0 Å². The number of aryl methyl sites for hydroxylation is 2. The molecule has 0 atom stereocenters. The summed E-state index contributed by atoms with van der Waals surface area (Å²) in [6.45, 7) is 0.604. The fourth-order valence-corrected chi connectivity index (χ4v) is 5.53. The van der Waals surface area contributed by atoms with Crippen LogP contribution in [0, 0.1) is 0 Å². The van der Waals surface area contributed by atoms with Crippen molar-refractivity contribution in [2.75, 3.05) is 18.5 Å². The van der Waals surface area contributed by atoms with Gasteiger partial charge in [-0.1, -0.05) is 0 Å². The van der Waals surface area contributed by atoms with Gasteiger partial charge in [0.05, 0.1) is 11.8 Å². The van der Waals surface area contributed by atoms with Gasteiger partial charge in [0.25, 0.3) is 0 Å². The molecule has 3 aromatic heterocycles. The third-order valence-corrected chi connectivity index (χ3v) is 7.26. The second-order valence-electron chi connectivity index (χ2n) is 8.33. The van der Waals surface area contributed by atoms with Gasteiger partial charge in [-0.25, -0.2) is 9.97 Å². The second-order valence-corrected chi connectivity index (χ2v) is 9.41. The van der Waals surface area contributed by atoms with E-state index in [0.717, 1.165) is 29.9 Å². The molecular weight excluding hydrogens is 394 g/mol. The van der Waals surface area contributed by atoms with E-state index in [-0.39, 0.29) is 12.3 Å². The molecule has 156 valence electrons. The molecule has 0 radical (unpaired) electrons. The number of nitrogens with zero attached hydrogens (tertiary/aromatic N) is 4. The summed E-state index contributed by atoms with van der Waals surface area (Å²) in [6, 6.07) is 4.52. The molecule has 0 spiro atoms. The minimum atomic E-state index is -0.0234. The van der Waals surface area contributed by atoms with Crippen molar-refractivity contribution in [2.45, 2.75) is 57.4 Å². The van der Waals surface area contributed by atoms with Gasteiger partial charge in [-0.2, -0.15) is 0 Å². The number of amides is 1. The van der Waals surface area contributed by atoms with E-state index in [2.05, 4.69) is 22.2 Å². The molecule has 0 saturated heterocycles. The predicted octanol–water partition coefficient (Wildman–Crippen LogP) is 3.47. The third kappa shape index (κ3) is 4.03. The number of aromatic nitrogens is 3. The van der Waals surface area contributed by atoms with Crippen LogP contribution in [-0.2, 0) is 30.5 Å². The molecule has 3 aromatic rings. The van der Waals surface area contributed by atoms with Crippen LogP contribution < -0.4 is 10.2 Å². The molecule has 30 heavy (non-hydrogen) atoms. The lowest BCUT2D eigenvalue weighted by molar-refractivity contribution is -0.120. The van der Waals surface area contributed by atoms with E-state index in [4.69, 9.17) is 9.97 Å². The lowest BCUT2D eigenvalue weighted by atomic mass is 9.97.